The summed E-state index contributed by atoms with van der Waals surface area (Å²) in [5.74, 6) is 0. The number of benzene rings is 1. The topological polar surface area (TPSA) is 0 Å². The van der Waals surface area contributed by atoms with Crippen molar-refractivity contribution in [2.45, 2.75) is 32.6 Å². The van der Waals surface area contributed by atoms with E-state index in [4.69, 9.17) is 0 Å². The third kappa shape index (κ3) is 1.54. The van der Waals surface area contributed by atoms with E-state index in [-0.39, 0.29) is 5.41 Å². The van der Waals surface area contributed by atoms with Crippen LogP contribution in [-0.2, 0) is 5.41 Å². The van der Waals surface area contributed by atoms with Crippen molar-refractivity contribution < 1.29 is 0 Å². The highest BCUT2D eigenvalue weighted by molar-refractivity contribution is 9.10. The first-order chi connectivity index (χ1) is 6.50. The molecule has 0 aliphatic heterocycles. The molecule has 0 fully saturated rings. The standard InChI is InChI=1S/C13H15Br/c1-9-6-7-13(2,3)12-8-10(14)4-5-11(9)12/h4-6,8H,7H2,1-3H3. The molecule has 0 spiro atoms. The van der Waals surface area contributed by atoms with Crippen molar-refractivity contribution in [2.24, 2.45) is 0 Å². The molecule has 0 N–H and O–H groups in total. The van der Waals surface area contributed by atoms with Crippen molar-refractivity contribution in [1.29, 1.82) is 0 Å². The molecule has 2 rings (SSSR count). The van der Waals surface area contributed by atoms with Gasteiger partial charge in [-0.2, -0.15) is 0 Å². The third-order valence-corrected chi connectivity index (χ3v) is 3.55. The number of hydrogen-bond donors (Lipinski definition) is 0. The first-order valence-corrected chi connectivity index (χ1v) is 5.77. The Morgan fingerprint density at radius 3 is 2.71 bits per heavy atom. The van der Waals surface area contributed by atoms with Gasteiger partial charge < -0.3 is 0 Å². The second-order valence-electron chi connectivity index (χ2n) is 4.67. The minimum atomic E-state index is 0.276. The average Bonchev–Trinajstić information content (AvgIpc) is 2.12. The van der Waals surface area contributed by atoms with Crippen LogP contribution in [0.2, 0.25) is 0 Å². The molecule has 0 aromatic heterocycles. The number of fused-ring (bicyclic) bond motifs is 1. The molecular formula is C13H15Br. The van der Waals surface area contributed by atoms with Gasteiger partial charge in [0.1, 0.15) is 0 Å². The van der Waals surface area contributed by atoms with Crippen LogP contribution >= 0.6 is 15.9 Å². The Kier molecular flexibility index (Phi) is 2.30. The zero-order valence-electron chi connectivity index (χ0n) is 8.89. The number of hydrogen-bond acceptors (Lipinski definition) is 0. The highest BCUT2D eigenvalue weighted by Gasteiger charge is 2.26. The van der Waals surface area contributed by atoms with Gasteiger partial charge in [-0.3, -0.25) is 0 Å². The maximum Gasteiger partial charge on any atom is 0.0178 e. The normalized spacial score (nSPS) is 18.7. The minimum absolute atomic E-state index is 0.276. The van der Waals surface area contributed by atoms with Crippen LogP contribution in [0.25, 0.3) is 5.57 Å². The van der Waals surface area contributed by atoms with E-state index in [1.807, 2.05) is 0 Å². The molecule has 74 valence electrons. The van der Waals surface area contributed by atoms with Gasteiger partial charge in [0.15, 0.2) is 0 Å². The Morgan fingerprint density at radius 2 is 2.00 bits per heavy atom. The molecule has 1 aromatic rings. The van der Waals surface area contributed by atoms with E-state index in [2.05, 4.69) is 61.0 Å². The fourth-order valence-corrected chi connectivity index (χ4v) is 2.41. The van der Waals surface area contributed by atoms with E-state index in [9.17, 15) is 0 Å². The van der Waals surface area contributed by atoms with Crippen molar-refractivity contribution >= 4 is 21.5 Å². The van der Waals surface area contributed by atoms with Gasteiger partial charge >= 0.3 is 0 Å². The van der Waals surface area contributed by atoms with Crippen LogP contribution in [0.4, 0.5) is 0 Å². The largest absolute Gasteiger partial charge is 0.0801 e. The summed E-state index contributed by atoms with van der Waals surface area (Å²) < 4.78 is 1.18. The summed E-state index contributed by atoms with van der Waals surface area (Å²) in [5, 5.41) is 0. The van der Waals surface area contributed by atoms with E-state index < -0.39 is 0 Å². The molecule has 0 bridgehead atoms. The van der Waals surface area contributed by atoms with Gasteiger partial charge in [0.2, 0.25) is 0 Å². The predicted octanol–water partition coefficient (Wildman–Crippen LogP) is 4.53. The molecule has 1 aromatic carbocycles. The number of halogens is 1. The van der Waals surface area contributed by atoms with E-state index in [1.165, 1.54) is 21.2 Å². The van der Waals surface area contributed by atoms with Gasteiger partial charge in [0, 0.05) is 4.47 Å². The van der Waals surface area contributed by atoms with Gasteiger partial charge in [-0.25, -0.2) is 0 Å². The lowest BCUT2D eigenvalue weighted by Gasteiger charge is -2.31. The van der Waals surface area contributed by atoms with Crippen LogP contribution in [0.15, 0.2) is 28.7 Å². The fraction of sp³-hybridized carbons (Fsp3) is 0.385. The van der Waals surface area contributed by atoms with E-state index in [0.29, 0.717) is 0 Å². The maximum absolute atomic E-state index is 3.54. The summed E-state index contributed by atoms with van der Waals surface area (Å²) in [6.45, 7) is 6.81. The van der Waals surface area contributed by atoms with E-state index in [1.54, 1.807) is 0 Å². The van der Waals surface area contributed by atoms with Gasteiger partial charge in [0.25, 0.3) is 0 Å². The summed E-state index contributed by atoms with van der Waals surface area (Å²) in [6.07, 6.45) is 3.48. The van der Waals surface area contributed by atoms with Gasteiger partial charge in [-0.15, -0.1) is 0 Å². The zero-order chi connectivity index (χ0) is 10.3. The fourth-order valence-electron chi connectivity index (χ4n) is 2.05. The highest BCUT2D eigenvalue weighted by Crippen LogP contribution is 2.39. The lowest BCUT2D eigenvalue weighted by Crippen LogP contribution is -2.21. The van der Waals surface area contributed by atoms with Gasteiger partial charge in [0.05, 0.1) is 0 Å². The van der Waals surface area contributed by atoms with Crippen molar-refractivity contribution in [3.05, 3.63) is 39.9 Å². The van der Waals surface area contributed by atoms with Crippen molar-refractivity contribution in [3.63, 3.8) is 0 Å². The van der Waals surface area contributed by atoms with Crippen LogP contribution in [0.5, 0.6) is 0 Å². The molecule has 0 atom stereocenters. The highest BCUT2D eigenvalue weighted by atomic mass is 79.9. The Morgan fingerprint density at radius 1 is 1.29 bits per heavy atom. The van der Waals surface area contributed by atoms with Crippen LogP contribution in [0.3, 0.4) is 0 Å². The first kappa shape index (κ1) is 9.97. The molecule has 0 unspecified atom stereocenters. The second-order valence-corrected chi connectivity index (χ2v) is 5.58. The minimum Gasteiger partial charge on any atom is -0.0801 e. The Labute approximate surface area is 94.2 Å². The van der Waals surface area contributed by atoms with Crippen molar-refractivity contribution in [3.8, 4) is 0 Å². The molecule has 1 heteroatoms. The lowest BCUT2D eigenvalue weighted by molar-refractivity contribution is 0.526. The summed E-state index contributed by atoms with van der Waals surface area (Å²) >= 11 is 3.54. The van der Waals surface area contributed by atoms with Crippen molar-refractivity contribution in [2.75, 3.05) is 0 Å². The molecule has 0 radical (unpaired) electrons. The number of rotatable bonds is 0. The molecule has 1 aliphatic carbocycles. The molecule has 0 nitrogen and oxygen atoms in total. The van der Waals surface area contributed by atoms with Crippen LogP contribution in [-0.4, -0.2) is 0 Å². The molecule has 0 saturated heterocycles. The second kappa shape index (κ2) is 3.23. The predicted molar refractivity (Wildman–Crippen MR) is 65.4 cm³/mol. The van der Waals surface area contributed by atoms with Crippen LogP contribution in [0, 0.1) is 0 Å². The average molecular weight is 251 g/mol. The van der Waals surface area contributed by atoms with Gasteiger partial charge in [-0.05, 0) is 47.6 Å². The lowest BCUT2D eigenvalue weighted by atomic mass is 9.74. The molecule has 1 aliphatic rings. The first-order valence-electron chi connectivity index (χ1n) is 4.98. The smallest absolute Gasteiger partial charge is 0.0178 e. The maximum atomic E-state index is 3.54. The zero-order valence-corrected chi connectivity index (χ0v) is 10.5. The van der Waals surface area contributed by atoms with Crippen LogP contribution < -0.4 is 0 Å². The summed E-state index contributed by atoms with van der Waals surface area (Å²) in [7, 11) is 0. The molecule has 14 heavy (non-hydrogen) atoms. The van der Waals surface area contributed by atoms with E-state index in [0.717, 1.165) is 6.42 Å². The van der Waals surface area contributed by atoms with E-state index >= 15 is 0 Å². The molecule has 0 amide bonds. The SMILES string of the molecule is CC1=CCC(C)(C)c2cc(Br)ccc21. The summed E-state index contributed by atoms with van der Waals surface area (Å²) in [5.41, 5.74) is 4.56. The Bertz CT molecular complexity index is 400. The third-order valence-electron chi connectivity index (χ3n) is 3.05. The number of allylic oxidation sites excluding steroid dienone is 2. The molecular weight excluding hydrogens is 236 g/mol. The monoisotopic (exact) mass is 250 g/mol. The quantitative estimate of drug-likeness (QED) is 0.635. The molecule has 0 heterocycles. The summed E-state index contributed by atoms with van der Waals surface area (Å²) in [4.78, 5) is 0. The Balaban J connectivity index is 2.66. The van der Waals surface area contributed by atoms with Gasteiger partial charge in [-0.1, -0.05) is 41.9 Å². The van der Waals surface area contributed by atoms with Crippen molar-refractivity contribution in [1.82, 2.24) is 0 Å². The summed E-state index contributed by atoms with van der Waals surface area (Å²) in [6, 6.07) is 6.59. The molecule has 0 saturated carbocycles. The Hall–Kier alpha value is -0.560. The van der Waals surface area contributed by atoms with Crippen LogP contribution in [0.1, 0.15) is 38.3 Å².